The first-order chi connectivity index (χ1) is 21.8. The van der Waals surface area contributed by atoms with Crippen LogP contribution in [-0.4, -0.2) is 17.4 Å². The molecule has 1 aliphatic rings. The summed E-state index contributed by atoms with van der Waals surface area (Å²) in [4.78, 5) is 4.65. The van der Waals surface area contributed by atoms with Crippen LogP contribution in [0.2, 0.25) is 0 Å². The Morgan fingerprint density at radius 1 is 0.750 bits per heavy atom. The molecule has 44 heavy (non-hydrogen) atoms. The molecule has 0 bridgehead atoms. The molecule has 0 radical (unpaired) electrons. The molecule has 7 aromatic rings. The van der Waals surface area contributed by atoms with E-state index in [-0.39, 0.29) is 0 Å². The molecule has 4 heteroatoms. The van der Waals surface area contributed by atoms with Crippen LogP contribution in [-0.2, 0) is 6.42 Å². The monoisotopic (exact) mass is 569 g/mol. The number of aliphatic imine (C=N–C) groups is 1. The lowest BCUT2D eigenvalue weighted by atomic mass is 9.97. The van der Waals surface area contributed by atoms with Gasteiger partial charge in [0.15, 0.2) is 0 Å². The van der Waals surface area contributed by atoms with Gasteiger partial charge in [-0.15, -0.1) is 0 Å². The van der Waals surface area contributed by atoms with Crippen LogP contribution in [0.5, 0.6) is 0 Å². The van der Waals surface area contributed by atoms with Crippen LogP contribution in [0.15, 0.2) is 143 Å². The van der Waals surface area contributed by atoms with E-state index >= 15 is 0 Å². The Morgan fingerprint density at radius 2 is 1.48 bits per heavy atom. The molecule has 1 N–H and O–H groups in total. The van der Waals surface area contributed by atoms with Gasteiger partial charge in [-0.1, -0.05) is 109 Å². The molecule has 1 aliphatic carbocycles. The Morgan fingerprint density at radius 3 is 2.30 bits per heavy atom. The molecular weight excluding hydrogens is 538 g/mol. The van der Waals surface area contributed by atoms with E-state index in [1.807, 2.05) is 31.3 Å². The van der Waals surface area contributed by atoms with E-state index in [1.54, 1.807) is 0 Å². The van der Waals surface area contributed by atoms with Gasteiger partial charge >= 0.3 is 0 Å². The molecule has 0 saturated carbocycles. The SMILES string of the molecule is CN=C(/C=C(\Nn1c2ccccc2c2cc(-c3cccc4c5c(oc34)C=CCC5)ccc21)c1ccccc1)c1ccccc1. The van der Waals surface area contributed by atoms with Crippen molar-refractivity contribution in [2.45, 2.75) is 12.8 Å². The Labute approximate surface area is 256 Å². The van der Waals surface area contributed by atoms with Crippen molar-refractivity contribution < 1.29 is 4.42 Å². The van der Waals surface area contributed by atoms with Gasteiger partial charge < -0.3 is 4.42 Å². The Bertz CT molecular complexity index is 2250. The van der Waals surface area contributed by atoms with Gasteiger partial charge in [-0.25, -0.2) is 0 Å². The first-order valence-corrected chi connectivity index (χ1v) is 15.1. The number of aromatic nitrogens is 1. The Hall–Kier alpha value is -5.61. The summed E-state index contributed by atoms with van der Waals surface area (Å²) < 4.78 is 8.64. The third-order valence-electron chi connectivity index (χ3n) is 8.57. The standard InChI is InChI=1S/C40H31N3O/c1-41-35(27-13-4-2-5-14-27)26-36(28-15-6-3-7-16-28)42-43-37-21-10-8-17-31(37)34-25-29(23-24-38(34)43)30-19-12-20-33-32-18-9-11-22-39(32)44-40(30)33/h2-8,10-17,19-26,42H,9,18H2,1H3/b36-26-,41-35?. The fourth-order valence-electron chi connectivity index (χ4n) is 6.43. The summed E-state index contributed by atoms with van der Waals surface area (Å²) in [7, 11) is 1.84. The summed E-state index contributed by atoms with van der Waals surface area (Å²) in [6.07, 6.45) is 8.53. The highest BCUT2D eigenvalue weighted by Gasteiger charge is 2.19. The second-order valence-corrected chi connectivity index (χ2v) is 11.2. The normalized spacial score (nSPS) is 13.6. The van der Waals surface area contributed by atoms with Crippen LogP contribution in [0.3, 0.4) is 0 Å². The second-order valence-electron chi connectivity index (χ2n) is 11.2. The first kappa shape index (κ1) is 26.1. The van der Waals surface area contributed by atoms with E-state index in [9.17, 15) is 0 Å². The van der Waals surface area contributed by atoms with Gasteiger partial charge in [0.05, 0.1) is 22.4 Å². The van der Waals surface area contributed by atoms with E-state index in [0.717, 1.165) is 68.9 Å². The maximum atomic E-state index is 6.44. The number of hydrogen-bond acceptors (Lipinski definition) is 3. The number of hydrogen-bond donors (Lipinski definition) is 1. The van der Waals surface area contributed by atoms with E-state index in [2.05, 4.69) is 130 Å². The van der Waals surface area contributed by atoms with Crippen LogP contribution in [0, 0.1) is 0 Å². The molecule has 8 rings (SSSR count). The minimum atomic E-state index is 0.907. The summed E-state index contributed by atoms with van der Waals surface area (Å²) in [6, 6.07) is 42.5. The molecule has 0 aliphatic heterocycles. The quantitative estimate of drug-likeness (QED) is 0.203. The summed E-state index contributed by atoms with van der Waals surface area (Å²) in [5, 5.41) is 3.58. The van der Waals surface area contributed by atoms with Crippen LogP contribution in [0.1, 0.15) is 28.9 Å². The van der Waals surface area contributed by atoms with Gasteiger partial charge in [-0.3, -0.25) is 15.1 Å². The third kappa shape index (κ3) is 4.43. The Kier molecular flexibility index (Phi) is 6.45. The average Bonchev–Trinajstić information content (AvgIpc) is 3.63. The van der Waals surface area contributed by atoms with Crippen molar-refractivity contribution >= 4 is 50.3 Å². The average molecular weight is 570 g/mol. The number of aryl methyl sites for hydroxylation is 1. The number of benzene rings is 5. The summed E-state index contributed by atoms with van der Waals surface area (Å²) in [5.41, 5.74) is 14.5. The number of nitrogens with zero attached hydrogens (tertiary/aromatic N) is 2. The van der Waals surface area contributed by atoms with Crippen molar-refractivity contribution in [3.05, 3.63) is 156 Å². The van der Waals surface area contributed by atoms with Gasteiger partial charge in [0.2, 0.25) is 0 Å². The minimum absolute atomic E-state index is 0.907. The molecule has 212 valence electrons. The lowest BCUT2D eigenvalue weighted by Gasteiger charge is -2.16. The smallest absolute Gasteiger partial charge is 0.142 e. The number of fused-ring (bicyclic) bond motifs is 6. The molecule has 0 atom stereocenters. The van der Waals surface area contributed by atoms with Crippen LogP contribution < -0.4 is 5.43 Å². The van der Waals surface area contributed by atoms with Gasteiger partial charge in [0.1, 0.15) is 11.3 Å². The summed E-state index contributed by atoms with van der Waals surface area (Å²) >= 11 is 0. The van der Waals surface area contributed by atoms with Crippen LogP contribution in [0.4, 0.5) is 0 Å². The molecule has 0 saturated heterocycles. The lowest BCUT2D eigenvalue weighted by molar-refractivity contribution is 0.596. The molecule has 0 spiro atoms. The fourth-order valence-corrected chi connectivity index (χ4v) is 6.43. The topological polar surface area (TPSA) is 42.5 Å². The number of rotatable bonds is 6. The van der Waals surface area contributed by atoms with Crippen molar-refractivity contribution in [3.63, 3.8) is 0 Å². The largest absolute Gasteiger partial charge is 0.456 e. The number of furan rings is 1. The highest BCUT2D eigenvalue weighted by atomic mass is 16.3. The van der Waals surface area contributed by atoms with Gasteiger partial charge in [-0.2, -0.15) is 0 Å². The summed E-state index contributed by atoms with van der Waals surface area (Å²) in [5.74, 6) is 0.992. The molecule has 0 unspecified atom stereocenters. The van der Waals surface area contributed by atoms with Crippen molar-refractivity contribution in [2.24, 2.45) is 4.99 Å². The maximum Gasteiger partial charge on any atom is 0.142 e. The van der Waals surface area contributed by atoms with Crippen LogP contribution in [0.25, 0.3) is 55.7 Å². The predicted molar refractivity (Wildman–Crippen MR) is 185 cm³/mol. The number of para-hydroxylation sites is 2. The van der Waals surface area contributed by atoms with E-state index in [0.29, 0.717) is 0 Å². The fraction of sp³-hybridized carbons (Fsp3) is 0.0750. The Balaban J connectivity index is 1.29. The minimum Gasteiger partial charge on any atom is -0.456 e. The molecule has 0 fully saturated rings. The lowest BCUT2D eigenvalue weighted by Crippen LogP contribution is -2.15. The van der Waals surface area contributed by atoms with Crippen molar-refractivity contribution in [2.75, 3.05) is 12.5 Å². The summed E-state index contributed by atoms with van der Waals surface area (Å²) in [6.45, 7) is 0. The molecule has 2 heterocycles. The second kappa shape index (κ2) is 10.9. The number of nitrogens with one attached hydrogen (secondary N) is 1. The zero-order valence-corrected chi connectivity index (χ0v) is 24.5. The van der Waals surface area contributed by atoms with Crippen molar-refractivity contribution in [3.8, 4) is 11.1 Å². The number of allylic oxidation sites excluding steroid dienone is 2. The third-order valence-corrected chi connectivity index (χ3v) is 8.57. The first-order valence-electron chi connectivity index (χ1n) is 15.1. The zero-order valence-electron chi connectivity index (χ0n) is 24.5. The van der Waals surface area contributed by atoms with E-state index < -0.39 is 0 Å². The van der Waals surface area contributed by atoms with E-state index in [4.69, 9.17) is 4.42 Å². The van der Waals surface area contributed by atoms with Gasteiger partial charge in [0, 0.05) is 34.3 Å². The van der Waals surface area contributed by atoms with Crippen molar-refractivity contribution in [1.29, 1.82) is 0 Å². The molecule has 0 amide bonds. The van der Waals surface area contributed by atoms with E-state index in [1.165, 1.54) is 21.7 Å². The van der Waals surface area contributed by atoms with Crippen LogP contribution >= 0.6 is 0 Å². The van der Waals surface area contributed by atoms with Gasteiger partial charge in [0.25, 0.3) is 0 Å². The highest BCUT2D eigenvalue weighted by molar-refractivity contribution is 6.14. The zero-order chi connectivity index (χ0) is 29.5. The maximum absolute atomic E-state index is 6.44. The molecule has 5 aromatic carbocycles. The van der Waals surface area contributed by atoms with Crippen molar-refractivity contribution in [1.82, 2.24) is 4.68 Å². The predicted octanol–water partition coefficient (Wildman–Crippen LogP) is 9.87. The highest BCUT2D eigenvalue weighted by Crippen LogP contribution is 2.39. The molecule has 4 nitrogen and oxygen atoms in total. The molecule has 2 aromatic heterocycles. The molecular formula is C40H31N3O. The van der Waals surface area contributed by atoms with Gasteiger partial charge in [-0.05, 0) is 59.9 Å².